The van der Waals surface area contributed by atoms with Crippen molar-refractivity contribution in [2.45, 2.75) is 25.2 Å². The maximum atomic E-state index is 14.7. The molecule has 0 radical (unpaired) electrons. The van der Waals surface area contributed by atoms with Gasteiger partial charge in [0.25, 0.3) is 0 Å². The molecule has 1 unspecified atom stereocenters. The van der Waals surface area contributed by atoms with Crippen molar-refractivity contribution in [2.24, 2.45) is 0 Å². The molecule has 2 heterocycles. The number of likely N-dealkylation sites (N-methyl/N-ethyl adjacent to an activating group) is 1. The van der Waals surface area contributed by atoms with Crippen molar-refractivity contribution in [3.8, 4) is 5.69 Å². The van der Waals surface area contributed by atoms with Crippen molar-refractivity contribution in [1.82, 2.24) is 34.0 Å². The molecule has 40 heavy (non-hydrogen) atoms. The molecule has 0 aliphatic rings. The van der Waals surface area contributed by atoms with Crippen LogP contribution in [0.15, 0.2) is 90.5 Å². The fraction of sp³-hybridized carbons (Fsp3) is 0.214. The fourth-order valence-corrected chi connectivity index (χ4v) is 4.76. The van der Waals surface area contributed by atoms with Gasteiger partial charge in [-0.1, -0.05) is 41.9 Å². The summed E-state index contributed by atoms with van der Waals surface area (Å²) in [6.07, 6.45) is 4.21. The van der Waals surface area contributed by atoms with E-state index in [1.54, 1.807) is 31.3 Å². The average Bonchev–Trinajstić information content (AvgIpc) is 3.55. The van der Waals surface area contributed by atoms with Gasteiger partial charge >= 0.3 is 5.69 Å². The number of hydrogen-bond acceptors (Lipinski definition) is 6. The molecule has 5 rings (SSSR count). The number of rotatable bonds is 10. The predicted octanol–water partition coefficient (Wildman–Crippen LogP) is 3.63. The summed E-state index contributed by atoms with van der Waals surface area (Å²) < 4.78 is 32.5. The van der Waals surface area contributed by atoms with Crippen LogP contribution in [0.1, 0.15) is 16.7 Å². The Hall–Kier alpha value is -4.19. The van der Waals surface area contributed by atoms with E-state index in [4.69, 9.17) is 11.6 Å². The first-order chi connectivity index (χ1) is 19.2. The zero-order valence-electron chi connectivity index (χ0n) is 21.5. The van der Waals surface area contributed by atoms with E-state index in [2.05, 4.69) is 15.2 Å². The number of benzene rings is 3. The lowest BCUT2D eigenvalue weighted by Crippen LogP contribution is -2.43. The molecule has 0 amide bonds. The zero-order chi connectivity index (χ0) is 28.3. The number of aliphatic hydroxyl groups is 1. The molecule has 2 aromatic heterocycles. The monoisotopic (exact) mass is 565 g/mol. The van der Waals surface area contributed by atoms with Gasteiger partial charge in [-0.05, 0) is 48.5 Å². The van der Waals surface area contributed by atoms with Crippen molar-refractivity contribution < 1.29 is 13.9 Å². The van der Waals surface area contributed by atoms with Crippen LogP contribution in [0, 0.1) is 11.6 Å². The van der Waals surface area contributed by atoms with Crippen LogP contribution in [0.5, 0.6) is 0 Å². The predicted molar refractivity (Wildman–Crippen MR) is 145 cm³/mol. The standard InChI is InChI=1S/C28H26ClF2N7O2/c1-35(15-28(40,16-36-18-32-17-33-36)25-11-8-23(30)12-26(25)31)13-20-4-9-24(10-5-20)37-19-34-38(27(37)39)14-21-2-6-22(29)7-3-21/h2-12,17-19,40H,13-16H2,1H3. The first kappa shape index (κ1) is 27.4. The maximum Gasteiger partial charge on any atom is 0.350 e. The van der Waals surface area contributed by atoms with Gasteiger partial charge in [-0.25, -0.2) is 32.5 Å². The first-order valence-electron chi connectivity index (χ1n) is 12.4. The van der Waals surface area contributed by atoms with Crippen LogP contribution in [0.2, 0.25) is 5.02 Å². The van der Waals surface area contributed by atoms with E-state index >= 15 is 0 Å². The van der Waals surface area contributed by atoms with Crippen LogP contribution in [0.25, 0.3) is 5.69 Å². The highest BCUT2D eigenvalue weighted by molar-refractivity contribution is 6.30. The van der Waals surface area contributed by atoms with Crippen molar-refractivity contribution in [1.29, 1.82) is 0 Å². The quantitative estimate of drug-likeness (QED) is 0.278. The molecule has 1 N–H and O–H groups in total. The number of aromatic nitrogens is 6. The molecule has 3 aromatic carbocycles. The minimum absolute atomic E-state index is 0.0219. The van der Waals surface area contributed by atoms with Gasteiger partial charge in [0.1, 0.15) is 36.2 Å². The van der Waals surface area contributed by atoms with Crippen LogP contribution in [-0.2, 0) is 25.2 Å². The molecule has 206 valence electrons. The molecule has 0 bridgehead atoms. The van der Waals surface area contributed by atoms with E-state index in [1.165, 1.54) is 39.0 Å². The van der Waals surface area contributed by atoms with E-state index < -0.39 is 17.2 Å². The zero-order valence-corrected chi connectivity index (χ0v) is 22.3. The summed E-state index contributed by atoms with van der Waals surface area (Å²) in [7, 11) is 1.78. The van der Waals surface area contributed by atoms with Crippen molar-refractivity contribution in [2.75, 3.05) is 13.6 Å². The highest BCUT2D eigenvalue weighted by Gasteiger charge is 2.35. The van der Waals surface area contributed by atoms with E-state index in [0.717, 1.165) is 23.3 Å². The van der Waals surface area contributed by atoms with Gasteiger partial charge in [0.15, 0.2) is 0 Å². The second kappa shape index (κ2) is 11.5. The van der Waals surface area contributed by atoms with E-state index in [1.807, 2.05) is 29.2 Å². The third-order valence-corrected chi connectivity index (χ3v) is 6.75. The minimum atomic E-state index is -1.72. The van der Waals surface area contributed by atoms with Gasteiger partial charge < -0.3 is 5.11 Å². The van der Waals surface area contributed by atoms with E-state index in [9.17, 15) is 18.7 Å². The lowest BCUT2D eigenvalue weighted by Gasteiger charge is -2.33. The van der Waals surface area contributed by atoms with Crippen molar-refractivity contribution >= 4 is 11.6 Å². The van der Waals surface area contributed by atoms with Crippen LogP contribution in [-0.4, -0.2) is 52.7 Å². The Morgan fingerprint density at radius 3 is 2.38 bits per heavy atom. The summed E-state index contributed by atoms with van der Waals surface area (Å²) in [5, 5.41) is 20.4. The largest absolute Gasteiger partial charge is 0.382 e. The molecular formula is C28H26ClF2N7O2. The van der Waals surface area contributed by atoms with Crippen LogP contribution < -0.4 is 5.69 Å². The highest BCUT2D eigenvalue weighted by Crippen LogP contribution is 2.28. The van der Waals surface area contributed by atoms with Crippen molar-refractivity contribution in [3.63, 3.8) is 0 Å². The Labute approximate surface area is 233 Å². The summed E-state index contributed by atoms with van der Waals surface area (Å²) >= 11 is 5.94. The third kappa shape index (κ3) is 6.17. The van der Waals surface area contributed by atoms with Crippen molar-refractivity contribution in [3.05, 3.63) is 130 Å². The Bertz CT molecular complexity index is 1640. The Balaban J connectivity index is 1.30. The minimum Gasteiger partial charge on any atom is -0.382 e. The summed E-state index contributed by atoms with van der Waals surface area (Å²) in [6.45, 7) is 0.668. The third-order valence-electron chi connectivity index (χ3n) is 6.50. The molecule has 1 atom stereocenters. The molecule has 12 heteroatoms. The van der Waals surface area contributed by atoms with Gasteiger partial charge in [0, 0.05) is 29.7 Å². The Kier molecular flexibility index (Phi) is 7.88. The smallest absolute Gasteiger partial charge is 0.350 e. The molecule has 5 aromatic rings. The Morgan fingerprint density at radius 2 is 1.70 bits per heavy atom. The number of halogens is 3. The summed E-state index contributed by atoms with van der Waals surface area (Å²) in [5.41, 5.74) is 0.414. The topological polar surface area (TPSA) is 94.0 Å². The summed E-state index contributed by atoms with van der Waals surface area (Å²) in [5.74, 6) is -1.57. The molecule has 0 saturated heterocycles. The second-order valence-electron chi connectivity index (χ2n) is 9.66. The molecule has 0 spiro atoms. The number of nitrogens with zero attached hydrogens (tertiary/aromatic N) is 7. The van der Waals surface area contributed by atoms with Gasteiger partial charge in [0.2, 0.25) is 0 Å². The van der Waals surface area contributed by atoms with Gasteiger partial charge in [-0.3, -0.25) is 4.90 Å². The molecule has 0 saturated carbocycles. The first-order valence-corrected chi connectivity index (χ1v) is 12.7. The van der Waals surface area contributed by atoms with Gasteiger partial charge in [-0.15, -0.1) is 0 Å². The number of hydrogen-bond donors (Lipinski definition) is 1. The Morgan fingerprint density at radius 1 is 0.975 bits per heavy atom. The highest BCUT2D eigenvalue weighted by atomic mass is 35.5. The fourth-order valence-electron chi connectivity index (χ4n) is 4.63. The molecule has 9 nitrogen and oxygen atoms in total. The van der Waals surface area contributed by atoms with Gasteiger partial charge in [-0.2, -0.15) is 10.2 Å². The van der Waals surface area contributed by atoms with Crippen LogP contribution in [0.4, 0.5) is 8.78 Å². The normalized spacial score (nSPS) is 13.1. The average molecular weight is 566 g/mol. The second-order valence-corrected chi connectivity index (χ2v) is 10.1. The van der Waals surface area contributed by atoms with E-state index in [0.29, 0.717) is 23.8 Å². The van der Waals surface area contributed by atoms with E-state index in [-0.39, 0.29) is 24.3 Å². The summed E-state index contributed by atoms with van der Waals surface area (Å²) in [6, 6.07) is 17.7. The lowest BCUT2D eigenvalue weighted by molar-refractivity contribution is -0.0175. The van der Waals surface area contributed by atoms with Crippen LogP contribution >= 0.6 is 11.6 Å². The van der Waals surface area contributed by atoms with Gasteiger partial charge in [0.05, 0.1) is 18.8 Å². The van der Waals surface area contributed by atoms with Crippen LogP contribution in [0.3, 0.4) is 0 Å². The SMILES string of the molecule is CN(Cc1ccc(-n2cnn(Cc3ccc(Cl)cc3)c2=O)cc1)CC(O)(Cn1cncn1)c1ccc(F)cc1F. The molecule has 0 fully saturated rings. The maximum absolute atomic E-state index is 14.7. The lowest BCUT2D eigenvalue weighted by atomic mass is 9.92. The summed E-state index contributed by atoms with van der Waals surface area (Å²) in [4.78, 5) is 18.6. The molecular weight excluding hydrogens is 540 g/mol. The molecule has 0 aliphatic carbocycles. The molecule has 0 aliphatic heterocycles.